The van der Waals surface area contributed by atoms with Crippen molar-refractivity contribution >= 4 is 0 Å². The highest BCUT2D eigenvalue weighted by Crippen LogP contribution is 2.62. The smallest absolute Gasteiger partial charge is 0.174 e. The number of ether oxygens (including phenoxy) is 3. The van der Waals surface area contributed by atoms with Crippen molar-refractivity contribution in [2.75, 3.05) is 13.2 Å². The summed E-state index contributed by atoms with van der Waals surface area (Å²) in [6.07, 6.45) is 3.23. The number of hydrogen-bond donors (Lipinski definition) is 1. The molecule has 4 nitrogen and oxygen atoms in total. The molecule has 5 fully saturated rings. The van der Waals surface area contributed by atoms with Crippen LogP contribution in [0.3, 0.4) is 0 Å². The normalized spacial score (nSPS) is 57.4. The lowest BCUT2D eigenvalue weighted by Gasteiger charge is -2.64. The minimum Gasteiger partial charge on any atom is -0.365 e. The van der Waals surface area contributed by atoms with E-state index in [-0.39, 0.29) is 5.60 Å². The van der Waals surface area contributed by atoms with E-state index in [1.807, 2.05) is 0 Å². The van der Waals surface area contributed by atoms with Gasteiger partial charge in [0.25, 0.3) is 0 Å². The highest BCUT2D eigenvalue weighted by atomic mass is 16.7. The average molecular weight is 226 g/mol. The Balaban J connectivity index is 1.77. The van der Waals surface area contributed by atoms with Crippen molar-refractivity contribution < 1.29 is 19.3 Å². The van der Waals surface area contributed by atoms with Crippen LogP contribution in [0.1, 0.15) is 32.6 Å². The zero-order valence-electron chi connectivity index (χ0n) is 9.57. The van der Waals surface area contributed by atoms with Crippen LogP contribution in [-0.2, 0) is 14.2 Å². The quantitative estimate of drug-likeness (QED) is 0.670. The van der Waals surface area contributed by atoms with E-state index in [1.165, 1.54) is 0 Å². The fraction of sp³-hybridized carbons (Fsp3) is 1.00. The molecule has 5 aliphatic rings. The van der Waals surface area contributed by atoms with Gasteiger partial charge in [-0.05, 0) is 19.8 Å². The Morgan fingerprint density at radius 1 is 1.00 bits per heavy atom. The van der Waals surface area contributed by atoms with Gasteiger partial charge < -0.3 is 19.3 Å². The topological polar surface area (TPSA) is 47.9 Å². The Morgan fingerprint density at radius 3 is 2.06 bits per heavy atom. The largest absolute Gasteiger partial charge is 0.365 e. The lowest BCUT2D eigenvalue weighted by molar-refractivity contribution is -0.416. The van der Waals surface area contributed by atoms with E-state index in [2.05, 4.69) is 6.92 Å². The second kappa shape index (κ2) is 2.64. The summed E-state index contributed by atoms with van der Waals surface area (Å²) >= 11 is 0. The second-order valence-corrected chi connectivity index (χ2v) is 6.13. The summed E-state index contributed by atoms with van der Waals surface area (Å²) in [6.45, 7) is 3.50. The maximum atomic E-state index is 10.4. The fourth-order valence-corrected chi connectivity index (χ4v) is 4.57. The second-order valence-electron chi connectivity index (χ2n) is 6.13. The van der Waals surface area contributed by atoms with Gasteiger partial charge in [0, 0.05) is 24.7 Å². The lowest BCUT2D eigenvalue weighted by atomic mass is 9.58. The molecule has 90 valence electrons. The third-order valence-electron chi connectivity index (χ3n) is 4.80. The summed E-state index contributed by atoms with van der Waals surface area (Å²) in [5.74, 6) is -0.714. The molecule has 4 bridgehead atoms. The maximum absolute atomic E-state index is 10.4. The van der Waals surface area contributed by atoms with Gasteiger partial charge >= 0.3 is 0 Å². The summed E-state index contributed by atoms with van der Waals surface area (Å²) in [4.78, 5) is 0. The van der Waals surface area contributed by atoms with E-state index < -0.39 is 11.6 Å². The van der Waals surface area contributed by atoms with Crippen molar-refractivity contribution in [3.05, 3.63) is 0 Å². The van der Waals surface area contributed by atoms with Gasteiger partial charge in [0.15, 0.2) is 11.6 Å². The third-order valence-corrected chi connectivity index (χ3v) is 4.80. The van der Waals surface area contributed by atoms with Crippen molar-refractivity contribution in [2.24, 2.45) is 11.8 Å². The fourth-order valence-electron chi connectivity index (χ4n) is 4.57. The van der Waals surface area contributed by atoms with Crippen molar-refractivity contribution in [3.63, 3.8) is 0 Å². The molecule has 5 rings (SSSR count). The van der Waals surface area contributed by atoms with Crippen molar-refractivity contribution in [2.45, 2.75) is 49.8 Å². The predicted molar refractivity (Wildman–Crippen MR) is 54.5 cm³/mol. The van der Waals surface area contributed by atoms with E-state index in [0.29, 0.717) is 37.9 Å². The summed E-state index contributed by atoms with van der Waals surface area (Å²) < 4.78 is 17.7. The van der Waals surface area contributed by atoms with E-state index in [4.69, 9.17) is 14.2 Å². The molecule has 0 aromatic heterocycles. The molecule has 2 aliphatic carbocycles. The van der Waals surface area contributed by atoms with E-state index in [0.717, 1.165) is 12.8 Å². The Bertz CT molecular complexity index is 296. The Labute approximate surface area is 94.9 Å². The molecule has 0 amide bonds. The first-order valence-electron chi connectivity index (χ1n) is 6.24. The Morgan fingerprint density at radius 2 is 1.56 bits per heavy atom. The monoisotopic (exact) mass is 226 g/mol. The van der Waals surface area contributed by atoms with Crippen LogP contribution in [0.4, 0.5) is 0 Å². The average Bonchev–Trinajstić information content (AvgIpc) is 2.60. The van der Waals surface area contributed by atoms with Crippen LogP contribution in [0.5, 0.6) is 0 Å². The Hall–Kier alpha value is -0.160. The first kappa shape index (κ1) is 9.83. The van der Waals surface area contributed by atoms with Gasteiger partial charge in [0.05, 0.1) is 18.8 Å². The zero-order valence-corrected chi connectivity index (χ0v) is 9.57. The highest BCUT2D eigenvalue weighted by Gasteiger charge is 2.68. The van der Waals surface area contributed by atoms with Crippen LogP contribution in [0, 0.1) is 11.8 Å². The molecule has 16 heavy (non-hydrogen) atoms. The molecule has 0 unspecified atom stereocenters. The van der Waals surface area contributed by atoms with Crippen LogP contribution in [0.25, 0.3) is 0 Å². The maximum Gasteiger partial charge on any atom is 0.174 e. The summed E-state index contributed by atoms with van der Waals surface area (Å²) in [6, 6.07) is 0. The molecule has 1 spiro atoms. The van der Waals surface area contributed by atoms with Gasteiger partial charge in [-0.3, -0.25) is 0 Å². The van der Waals surface area contributed by atoms with Crippen molar-refractivity contribution in [3.8, 4) is 0 Å². The van der Waals surface area contributed by atoms with Gasteiger partial charge in [-0.1, -0.05) is 0 Å². The van der Waals surface area contributed by atoms with Crippen LogP contribution < -0.4 is 0 Å². The van der Waals surface area contributed by atoms with Gasteiger partial charge in [0.1, 0.15) is 0 Å². The van der Waals surface area contributed by atoms with Crippen LogP contribution >= 0.6 is 0 Å². The van der Waals surface area contributed by atoms with E-state index in [1.54, 1.807) is 0 Å². The molecule has 3 saturated heterocycles. The zero-order chi connectivity index (χ0) is 11.0. The highest BCUT2D eigenvalue weighted by molar-refractivity contribution is 5.11. The lowest BCUT2D eigenvalue weighted by Crippen LogP contribution is -2.70. The summed E-state index contributed by atoms with van der Waals surface area (Å²) in [5, 5.41) is 10.4. The SMILES string of the molecule is C[C@]12C[C@@H]3C[C@](O)(C[C@H](C1)C31OCCO1)O2. The first-order chi connectivity index (χ1) is 7.54. The number of hydrogen-bond acceptors (Lipinski definition) is 4. The molecule has 2 saturated carbocycles. The van der Waals surface area contributed by atoms with Gasteiger partial charge in [-0.25, -0.2) is 0 Å². The molecule has 4 heteroatoms. The number of aliphatic hydroxyl groups is 1. The van der Waals surface area contributed by atoms with E-state index >= 15 is 0 Å². The molecular weight excluding hydrogens is 208 g/mol. The molecule has 4 atom stereocenters. The van der Waals surface area contributed by atoms with Crippen molar-refractivity contribution in [1.82, 2.24) is 0 Å². The molecule has 0 aromatic carbocycles. The minimum absolute atomic E-state index is 0.166. The molecule has 3 heterocycles. The third kappa shape index (κ3) is 1.04. The van der Waals surface area contributed by atoms with Gasteiger partial charge in [-0.15, -0.1) is 0 Å². The molecule has 1 N–H and O–H groups in total. The van der Waals surface area contributed by atoms with Crippen molar-refractivity contribution in [1.29, 1.82) is 0 Å². The number of rotatable bonds is 0. The summed E-state index contributed by atoms with van der Waals surface area (Å²) in [7, 11) is 0. The predicted octanol–water partition coefficient (Wildman–Crippen LogP) is 1.03. The molecule has 3 aliphatic heterocycles. The van der Waals surface area contributed by atoms with Crippen LogP contribution in [0.2, 0.25) is 0 Å². The van der Waals surface area contributed by atoms with Gasteiger partial charge in [0.2, 0.25) is 0 Å². The van der Waals surface area contributed by atoms with Crippen LogP contribution in [-0.4, -0.2) is 35.5 Å². The van der Waals surface area contributed by atoms with Crippen LogP contribution in [0.15, 0.2) is 0 Å². The molecule has 0 aromatic rings. The summed E-state index contributed by atoms with van der Waals surface area (Å²) in [5.41, 5.74) is -0.166. The molecule has 0 radical (unpaired) electrons. The van der Waals surface area contributed by atoms with Gasteiger partial charge in [-0.2, -0.15) is 0 Å². The standard InChI is InChI=1S/C12H18O4/c1-10-4-8-6-11(13,16-10)7-9(5-10)12(8)14-2-3-15-12/h8-9,13H,2-7H2,1H3/t8-,9+,10+,11-. The Kier molecular flexibility index (Phi) is 1.62. The van der Waals surface area contributed by atoms with E-state index in [9.17, 15) is 5.11 Å². The first-order valence-corrected chi connectivity index (χ1v) is 6.24. The minimum atomic E-state index is -0.916. The molecular formula is C12H18O4.